The van der Waals surface area contributed by atoms with Gasteiger partial charge in [-0.15, -0.1) is 0 Å². The lowest BCUT2D eigenvalue weighted by Crippen LogP contribution is -2.60. The third-order valence-corrected chi connectivity index (χ3v) is 7.75. The second-order valence-electron chi connectivity index (χ2n) is 7.46. The van der Waals surface area contributed by atoms with Gasteiger partial charge in [-0.25, -0.2) is 31.6 Å². The minimum atomic E-state index is -4.57. The Kier molecular flexibility index (Phi) is 5.69. The molecule has 1 amide bonds. The van der Waals surface area contributed by atoms with Gasteiger partial charge in [0.1, 0.15) is 40.5 Å². The summed E-state index contributed by atoms with van der Waals surface area (Å²) in [5.74, 6) is -3.69. The van der Waals surface area contributed by atoms with E-state index in [1.54, 1.807) is 0 Å². The molecule has 0 fully saturated rings. The number of nitrogens with two attached hydrogens (primary N) is 1. The first-order chi connectivity index (χ1) is 14.8. The molecular weight excluding hydrogens is 449 g/mol. The van der Waals surface area contributed by atoms with Crippen molar-refractivity contribution in [1.82, 2.24) is 9.97 Å². The zero-order valence-corrected chi connectivity index (χ0v) is 17.6. The molecule has 0 saturated carbocycles. The minimum Gasteiger partial charge on any atom is -0.386 e. The van der Waals surface area contributed by atoms with Crippen molar-refractivity contribution in [3.05, 3.63) is 53.2 Å². The summed E-state index contributed by atoms with van der Waals surface area (Å²) in [6.07, 6.45) is -2.16. The highest BCUT2D eigenvalue weighted by molar-refractivity contribution is 7.93. The number of alkyl halides is 2. The van der Waals surface area contributed by atoms with Crippen molar-refractivity contribution in [3.63, 3.8) is 0 Å². The Morgan fingerprint density at radius 1 is 1.28 bits per heavy atom. The van der Waals surface area contributed by atoms with E-state index in [9.17, 15) is 26.4 Å². The summed E-state index contributed by atoms with van der Waals surface area (Å²) < 4.78 is 64.2. The minimum absolute atomic E-state index is 0.0573. The quantitative estimate of drug-likeness (QED) is 0.697. The maximum Gasteiger partial charge on any atom is 0.275 e. The topological polar surface area (TPSA) is 151 Å². The maximum atomic E-state index is 14.6. The molecule has 13 heteroatoms. The molecule has 0 saturated heterocycles. The van der Waals surface area contributed by atoms with E-state index in [2.05, 4.69) is 20.3 Å². The van der Waals surface area contributed by atoms with Crippen LogP contribution in [0.5, 0.6) is 0 Å². The number of pyridine rings is 2. The largest absolute Gasteiger partial charge is 0.386 e. The van der Waals surface area contributed by atoms with Crippen LogP contribution in [0.15, 0.2) is 35.5 Å². The predicted molar refractivity (Wildman–Crippen MR) is 108 cm³/mol. The predicted octanol–water partition coefficient (Wildman–Crippen LogP) is 1.76. The van der Waals surface area contributed by atoms with E-state index < -0.39 is 55.6 Å². The van der Waals surface area contributed by atoms with Gasteiger partial charge in [-0.3, -0.25) is 9.79 Å². The number of hydrogen-bond acceptors (Lipinski definition) is 8. The molecular formula is C19H17F3N6O3S. The molecule has 2 aromatic heterocycles. The first-order valence-electron chi connectivity index (χ1n) is 9.05. The Hall–Kier alpha value is -3.53. The number of nitrogens with zero attached hydrogens (tertiary/aromatic N) is 4. The van der Waals surface area contributed by atoms with Crippen LogP contribution in [-0.2, 0) is 15.4 Å². The van der Waals surface area contributed by atoms with E-state index in [1.165, 1.54) is 25.3 Å². The molecule has 9 nitrogen and oxygen atoms in total. The smallest absolute Gasteiger partial charge is 0.275 e. The Bertz CT molecular complexity index is 1260. The lowest BCUT2D eigenvalue weighted by Gasteiger charge is -2.38. The van der Waals surface area contributed by atoms with Crippen molar-refractivity contribution >= 4 is 27.4 Å². The molecule has 3 rings (SSSR count). The van der Waals surface area contributed by atoms with Crippen LogP contribution < -0.4 is 11.1 Å². The van der Waals surface area contributed by atoms with E-state index in [-0.39, 0.29) is 17.1 Å². The van der Waals surface area contributed by atoms with Gasteiger partial charge in [0.2, 0.25) is 0 Å². The second-order valence-corrected chi connectivity index (χ2v) is 9.83. The highest BCUT2D eigenvalue weighted by Gasteiger charge is 2.58. The van der Waals surface area contributed by atoms with Crippen molar-refractivity contribution in [2.45, 2.75) is 30.6 Å². The summed E-state index contributed by atoms with van der Waals surface area (Å²) in [5.41, 5.74) is 3.39. The number of rotatable bonds is 4. The molecule has 3 N–H and O–H groups in total. The fraction of sp³-hybridized carbons (Fsp3) is 0.316. The van der Waals surface area contributed by atoms with Crippen LogP contribution in [0.3, 0.4) is 0 Å². The zero-order valence-electron chi connectivity index (χ0n) is 16.8. The van der Waals surface area contributed by atoms with Gasteiger partial charge in [-0.1, -0.05) is 0 Å². The number of nitriles is 1. The van der Waals surface area contributed by atoms with Crippen LogP contribution in [0.25, 0.3) is 0 Å². The van der Waals surface area contributed by atoms with Crippen LogP contribution in [0.1, 0.15) is 35.6 Å². The number of amides is 1. The number of nitrogens with one attached hydrogen (secondary N) is 1. The first kappa shape index (κ1) is 23.1. The lowest BCUT2D eigenvalue weighted by atomic mass is 9.98. The summed E-state index contributed by atoms with van der Waals surface area (Å²) >= 11 is 0. The van der Waals surface area contributed by atoms with E-state index in [0.29, 0.717) is 0 Å². The summed E-state index contributed by atoms with van der Waals surface area (Å²) in [5, 5.41) is 11.2. The lowest BCUT2D eigenvalue weighted by molar-refractivity contribution is 0.102. The standard InChI is InChI=1S/C19H17F3N6O3S/c1-18(9-32(30,31)19(2,16(21)22)17(24)28-18)14-11(20)4-6-13(26-14)27-15(29)12-5-3-10(7-23)8-25-12/h3-6,8,16H,9H2,1-2H3,(H2,24,28)(H,26,27,29)/t18-,19-/m0/s1. The normalized spacial score (nSPS) is 24.5. The van der Waals surface area contributed by atoms with Crippen molar-refractivity contribution in [3.8, 4) is 6.07 Å². The zero-order chi connectivity index (χ0) is 23.9. The van der Waals surface area contributed by atoms with Gasteiger partial charge in [-0.05, 0) is 38.1 Å². The van der Waals surface area contributed by atoms with Crippen LogP contribution in [-0.4, -0.2) is 47.1 Å². The summed E-state index contributed by atoms with van der Waals surface area (Å²) in [6.45, 7) is 1.96. The van der Waals surface area contributed by atoms with Crippen LogP contribution >= 0.6 is 0 Å². The van der Waals surface area contributed by atoms with Crippen LogP contribution in [0, 0.1) is 17.1 Å². The SMILES string of the molecule is C[C@@]1(c2nc(NC(=O)c3ccc(C#N)cn3)ccc2F)CS(=O)(=O)[C@@](C)(C(F)F)C(N)=N1. The van der Waals surface area contributed by atoms with Crippen LogP contribution in [0.2, 0.25) is 0 Å². The molecule has 2 aromatic rings. The number of halogens is 3. The highest BCUT2D eigenvalue weighted by Crippen LogP contribution is 2.40. The highest BCUT2D eigenvalue weighted by atomic mass is 32.2. The van der Waals surface area contributed by atoms with Crippen LogP contribution in [0.4, 0.5) is 19.0 Å². The Morgan fingerprint density at radius 3 is 2.50 bits per heavy atom. The fourth-order valence-corrected chi connectivity index (χ4v) is 5.00. The Morgan fingerprint density at radius 2 is 1.97 bits per heavy atom. The summed E-state index contributed by atoms with van der Waals surface area (Å²) in [4.78, 5) is 24.0. The van der Waals surface area contributed by atoms with E-state index in [1.807, 2.05) is 6.07 Å². The average molecular weight is 466 g/mol. The van der Waals surface area contributed by atoms with E-state index in [0.717, 1.165) is 19.1 Å². The molecule has 3 heterocycles. The number of sulfone groups is 1. The Labute approximate surface area is 181 Å². The number of aromatic nitrogens is 2. The second kappa shape index (κ2) is 7.86. The third-order valence-electron chi connectivity index (χ3n) is 5.13. The monoisotopic (exact) mass is 466 g/mol. The molecule has 0 radical (unpaired) electrons. The molecule has 32 heavy (non-hydrogen) atoms. The summed E-state index contributed by atoms with van der Waals surface area (Å²) in [7, 11) is -4.57. The molecule has 1 aliphatic heterocycles. The molecule has 2 atom stereocenters. The maximum absolute atomic E-state index is 14.6. The van der Waals surface area contributed by atoms with Crippen molar-refractivity contribution in [2.24, 2.45) is 10.7 Å². The van der Waals surface area contributed by atoms with Gasteiger partial charge >= 0.3 is 0 Å². The molecule has 0 unspecified atom stereocenters. The van der Waals surface area contributed by atoms with Crippen molar-refractivity contribution in [1.29, 1.82) is 5.26 Å². The van der Waals surface area contributed by atoms with Gasteiger partial charge in [-0.2, -0.15) is 5.26 Å². The number of hydrogen-bond donors (Lipinski definition) is 2. The van der Waals surface area contributed by atoms with Gasteiger partial charge < -0.3 is 11.1 Å². The third kappa shape index (κ3) is 3.77. The van der Waals surface area contributed by atoms with Gasteiger partial charge in [0, 0.05) is 6.20 Å². The molecule has 0 spiro atoms. The first-order valence-corrected chi connectivity index (χ1v) is 10.7. The van der Waals surface area contributed by atoms with Gasteiger partial charge in [0.25, 0.3) is 12.3 Å². The number of aliphatic imine (C=N–C) groups is 1. The van der Waals surface area contributed by atoms with Gasteiger partial charge in [0.15, 0.2) is 14.6 Å². The number of carbonyl (C=O) groups is 1. The fourth-order valence-electron chi connectivity index (χ4n) is 3.12. The molecule has 0 aromatic carbocycles. The number of carbonyl (C=O) groups excluding carboxylic acids is 1. The van der Waals surface area contributed by atoms with Crippen molar-refractivity contribution in [2.75, 3.05) is 11.1 Å². The van der Waals surface area contributed by atoms with Crippen molar-refractivity contribution < 1.29 is 26.4 Å². The number of amidine groups is 1. The van der Waals surface area contributed by atoms with E-state index >= 15 is 0 Å². The molecule has 0 aliphatic carbocycles. The molecule has 1 aliphatic rings. The molecule has 0 bridgehead atoms. The van der Waals surface area contributed by atoms with Gasteiger partial charge in [0.05, 0.1) is 11.3 Å². The number of anilines is 1. The molecule has 168 valence electrons. The van der Waals surface area contributed by atoms with E-state index in [4.69, 9.17) is 11.0 Å². The summed E-state index contributed by atoms with van der Waals surface area (Å²) in [6, 6.07) is 6.57. The Balaban J connectivity index is 1.99. The average Bonchev–Trinajstić information content (AvgIpc) is 2.72.